The summed E-state index contributed by atoms with van der Waals surface area (Å²) in [6, 6.07) is 6.43. The Morgan fingerprint density at radius 3 is 2.00 bits per heavy atom. The van der Waals surface area contributed by atoms with E-state index in [4.69, 9.17) is 9.47 Å². The molecule has 39 heavy (non-hydrogen) atoms. The Morgan fingerprint density at radius 1 is 0.744 bits per heavy atom. The zero-order valence-electron chi connectivity index (χ0n) is 25.4. The second-order valence-corrected chi connectivity index (χ2v) is 11.8. The van der Waals surface area contributed by atoms with Gasteiger partial charge >= 0.3 is 0 Å². The highest BCUT2D eigenvalue weighted by Crippen LogP contribution is 2.33. The first kappa shape index (κ1) is 31.4. The monoisotopic (exact) mass is 536 g/mol. The van der Waals surface area contributed by atoms with E-state index in [2.05, 4.69) is 48.9 Å². The summed E-state index contributed by atoms with van der Waals surface area (Å²) < 4.78 is 12.6. The maximum absolute atomic E-state index is 6.71. The minimum Gasteiger partial charge on any atom is -0.490 e. The molecule has 0 amide bonds. The molecule has 1 fully saturated rings. The second kappa shape index (κ2) is 19.1. The third-order valence-electron chi connectivity index (χ3n) is 8.39. The number of hydrogen-bond acceptors (Lipinski definition) is 4. The first-order chi connectivity index (χ1) is 19.2. The van der Waals surface area contributed by atoms with Gasteiger partial charge in [-0.25, -0.2) is 9.97 Å². The Bertz CT molecular complexity index is 892. The molecule has 4 heteroatoms. The van der Waals surface area contributed by atoms with Crippen molar-refractivity contribution in [2.24, 2.45) is 5.92 Å². The fourth-order valence-electron chi connectivity index (χ4n) is 5.94. The van der Waals surface area contributed by atoms with Crippen LogP contribution in [0, 0.1) is 12.8 Å². The van der Waals surface area contributed by atoms with Gasteiger partial charge in [0.2, 0.25) is 0 Å². The summed E-state index contributed by atoms with van der Waals surface area (Å²) >= 11 is 0. The molecule has 4 nitrogen and oxygen atoms in total. The van der Waals surface area contributed by atoms with Crippen LogP contribution < -0.4 is 9.47 Å². The Morgan fingerprint density at radius 2 is 1.36 bits per heavy atom. The van der Waals surface area contributed by atoms with Crippen molar-refractivity contribution in [1.29, 1.82) is 0 Å². The fourth-order valence-corrected chi connectivity index (χ4v) is 5.94. The molecule has 0 aliphatic heterocycles. The average molecular weight is 537 g/mol. The molecule has 1 unspecified atom stereocenters. The maximum Gasteiger partial charge on any atom is 0.159 e. The van der Waals surface area contributed by atoms with E-state index in [1.807, 2.05) is 12.4 Å². The van der Waals surface area contributed by atoms with Crippen LogP contribution in [-0.4, -0.2) is 22.7 Å². The third-order valence-corrected chi connectivity index (χ3v) is 8.39. The Labute approximate surface area is 239 Å². The van der Waals surface area contributed by atoms with Gasteiger partial charge in [-0.3, -0.25) is 0 Å². The van der Waals surface area contributed by atoms with Gasteiger partial charge < -0.3 is 9.47 Å². The molecule has 2 aromatic rings. The minimum atomic E-state index is 0.338. The lowest BCUT2D eigenvalue weighted by Crippen LogP contribution is -2.29. The number of nitrogens with zero attached hydrogens (tertiary/aromatic N) is 2. The number of ether oxygens (including phenoxy) is 2. The molecule has 3 rings (SSSR count). The summed E-state index contributed by atoms with van der Waals surface area (Å²) in [5.74, 6) is 3.20. The van der Waals surface area contributed by atoms with Gasteiger partial charge in [0.05, 0.1) is 19.0 Å². The summed E-state index contributed by atoms with van der Waals surface area (Å²) in [6.07, 6.45) is 28.9. The molecule has 1 atom stereocenters. The highest BCUT2D eigenvalue weighted by Gasteiger charge is 2.25. The van der Waals surface area contributed by atoms with Gasteiger partial charge in [-0.15, -0.1) is 0 Å². The summed E-state index contributed by atoms with van der Waals surface area (Å²) in [7, 11) is 0. The molecule has 0 spiro atoms. The molecule has 1 heterocycles. The van der Waals surface area contributed by atoms with Crippen LogP contribution in [0.4, 0.5) is 0 Å². The highest BCUT2D eigenvalue weighted by molar-refractivity contribution is 5.61. The largest absolute Gasteiger partial charge is 0.490 e. The molecule has 0 saturated heterocycles. The second-order valence-electron chi connectivity index (χ2n) is 11.8. The van der Waals surface area contributed by atoms with Crippen molar-refractivity contribution in [3.8, 4) is 22.9 Å². The van der Waals surface area contributed by atoms with E-state index in [1.54, 1.807) is 0 Å². The van der Waals surface area contributed by atoms with Gasteiger partial charge in [0.15, 0.2) is 11.6 Å². The molecule has 0 radical (unpaired) electrons. The van der Waals surface area contributed by atoms with Crippen LogP contribution in [0.3, 0.4) is 0 Å². The highest BCUT2D eigenvalue weighted by atomic mass is 16.5. The Balaban J connectivity index is 1.50. The van der Waals surface area contributed by atoms with Crippen molar-refractivity contribution >= 4 is 0 Å². The zero-order valence-corrected chi connectivity index (χ0v) is 25.4. The Hall–Kier alpha value is -2.10. The smallest absolute Gasteiger partial charge is 0.159 e. The molecular weight excluding hydrogens is 480 g/mol. The van der Waals surface area contributed by atoms with Crippen molar-refractivity contribution in [1.82, 2.24) is 9.97 Å². The molecule has 0 bridgehead atoms. The normalized spacial score (nSPS) is 14.8. The predicted octanol–water partition coefficient (Wildman–Crippen LogP) is 10.7. The summed E-state index contributed by atoms with van der Waals surface area (Å²) in [5, 5.41) is 0. The van der Waals surface area contributed by atoms with E-state index >= 15 is 0 Å². The van der Waals surface area contributed by atoms with Gasteiger partial charge in [0, 0.05) is 5.56 Å². The Kier molecular flexibility index (Phi) is 15.4. The number of hydrogen-bond donors (Lipinski definition) is 0. The molecular formula is C35H56N2O2. The summed E-state index contributed by atoms with van der Waals surface area (Å²) in [6.45, 7) is 7.42. The lowest BCUT2D eigenvalue weighted by Gasteiger charge is -2.31. The quantitative estimate of drug-likeness (QED) is 0.158. The van der Waals surface area contributed by atoms with Crippen molar-refractivity contribution in [3.63, 3.8) is 0 Å². The number of aryl methyl sites for hydroxylation is 1. The van der Waals surface area contributed by atoms with Crippen LogP contribution in [0.5, 0.6) is 11.5 Å². The van der Waals surface area contributed by atoms with Crippen molar-refractivity contribution in [3.05, 3.63) is 36.2 Å². The molecule has 0 N–H and O–H groups in total. The van der Waals surface area contributed by atoms with Crippen molar-refractivity contribution in [2.45, 2.75) is 149 Å². The van der Waals surface area contributed by atoms with Gasteiger partial charge in [0.1, 0.15) is 11.9 Å². The first-order valence-corrected chi connectivity index (χ1v) is 16.4. The molecule has 1 aliphatic carbocycles. The summed E-state index contributed by atoms with van der Waals surface area (Å²) in [5.41, 5.74) is 2.22. The SMILES string of the molecule is CCCCCCCCCC(Oc1ccc(-c2ncc(OCCCCCCCC)cn2)c(C)c1)C1CCCCC1. The minimum absolute atomic E-state index is 0.338. The zero-order chi connectivity index (χ0) is 27.5. The first-order valence-electron chi connectivity index (χ1n) is 16.4. The number of aromatic nitrogens is 2. The van der Waals surface area contributed by atoms with Crippen LogP contribution in [-0.2, 0) is 0 Å². The van der Waals surface area contributed by atoms with E-state index in [9.17, 15) is 0 Å². The van der Waals surface area contributed by atoms with Crippen LogP contribution >= 0.6 is 0 Å². The predicted molar refractivity (Wildman–Crippen MR) is 165 cm³/mol. The van der Waals surface area contributed by atoms with Gasteiger partial charge in [-0.2, -0.15) is 0 Å². The van der Waals surface area contributed by atoms with Crippen molar-refractivity contribution in [2.75, 3.05) is 6.61 Å². The van der Waals surface area contributed by atoms with Crippen LogP contribution in [0.2, 0.25) is 0 Å². The van der Waals surface area contributed by atoms with Crippen LogP contribution in [0.25, 0.3) is 11.4 Å². The summed E-state index contributed by atoms with van der Waals surface area (Å²) in [4.78, 5) is 9.23. The van der Waals surface area contributed by atoms with E-state index in [0.29, 0.717) is 12.0 Å². The van der Waals surface area contributed by atoms with Crippen molar-refractivity contribution < 1.29 is 9.47 Å². The van der Waals surface area contributed by atoms with Gasteiger partial charge in [-0.1, -0.05) is 104 Å². The molecule has 1 aromatic carbocycles. The van der Waals surface area contributed by atoms with Gasteiger partial charge in [-0.05, 0) is 68.7 Å². The fraction of sp³-hybridized carbons (Fsp3) is 0.714. The molecule has 1 aliphatic rings. The number of benzene rings is 1. The lowest BCUT2D eigenvalue weighted by atomic mass is 9.83. The molecule has 218 valence electrons. The molecule has 1 saturated carbocycles. The third kappa shape index (κ3) is 11.9. The average Bonchev–Trinajstić information content (AvgIpc) is 2.96. The topological polar surface area (TPSA) is 44.2 Å². The van der Waals surface area contributed by atoms with E-state index < -0.39 is 0 Å². The van der Waals surface area contributed by atoms with E-state index in [0.717, 1.165) is 41.5 Å². The van der Waals surface area contributed by atoms with E-state index in [-0.39, 0.29) is 0 Å². The van der Waals surface area contributed by atoms with E-state index in [1.165, 1.54) is 116 Å². The number of unbranched alkanes of at least 4 members (excludes halogenated alkanes) is 11. The lowest BCUT2D eigenvalue weighted by molar-refractivity contribution is 0.0968. The standard InChI is InChI=1S/C35H56N2O2/c1-4-6-8-10-12-13-18-22-34(30-20-16-15-17-21-30)39-31-23-24-33(29(3)26-31)35-36-27-32(28-37-35)38-25-19-14-11-9-7-5-2/h23-24,26-28,30,34H,4-22,25H2,1-3H3. The number of rotatable bonds is 20. The van der Waals surface area contributed by atoms with Crippen LogP contribution in [0.1, 0.15) is 141 Å². The molecule has 1 aromatic heterocycles. The van der Waals surface area contributed by atoms with Crippen LogP contribution in [0.15, 0.2) is 30.6 Å². The van der Waals surface area contributed by atoms with Gasteiger partial charge in [0.25, 0.3) is 0 Å². The maximum atomic E-state index is 6.71.